The van der Waals surface area contributed by atoms with Gasteiger partial charge >= 0.3 is 0 Å². The van der Waals surface area contributed by atoms with Crippen molar-refractivity contribution in [2.45, 2.75) is 26.3 Å². The number of hydrogen-bond donors (Lipinski definition) is 2. The highest BCUT2D eigenvalue weighted by Gasteiger charge is 2.11. The lowest BCUT2D eigenvalue weighted by Gasteiger charge is -2.11. The zero-order valence-corrected chi connectivity index (χ0v) is 19.3. The van der Waals surface area contributed by atoms with Crippen molar-refractivity contribution in [3.05, 3.63) is 52.8 Å². The Hall–Kier alpha value is -3.33. The second kappa shape index (κ2) is 11.3. The van der Waals surface area contributed by atoms with Crippen LogP contribution in [0.2, 0.25) is 0 Å². The lowest BCUT2D eigenvalue weighted by Crippen LogP contribution is -2.26. The minimum atomic E-state index is -0.0572. The molecule has 0 atom stereocenters. The summed E-state index contributed by atoms with van der Waals surface area (Å²) in [7, 11) is 3.23. The number of H-pyrrole nitrogens is 1. The molecule has 2 aromatic carbocycles. The topological polar surface area (TPSA) is 90.4 Å². The molecule has 1 aromatic heterocycles. The highest BCUT2D eigenvalue weighted by atomic mass is 32.1. The zero-order chi connectivity index (χ0) is 22.9. The minimum Gasteiger partial charge on any atom is -0.497 e. The van der Waals surface area contributed by atoms with Crippen molar-refractivity contribution in [2.24, 2.45) is 0 Å². The fourth-order valence-corrected chi connectivity index (χ4v) is 3.53. The number of nitrogens with one attached hydrogen (secondary N) is 2. The van der Waals surface area contributed by atoms with Gasteiger partial charge in [0.2, 0.25) is 5.91 Å². The predicted molar refractivity (Wildman–Crippen MR) is 125 cm³/mol. The van der Waals surface area contributed by atoms with E-state index in [4.69, 9.17) is 26.4 Å². The van der Waals surface area contributed by atoms with Crippen LogP contribution in [0.15, 0.2) is 42.5 Å². The van der Waals surface area contributed by atoms with Crippen molar-refractivity contribution in [1.82, 2.24) is 20.1 Å². The molecule has 0 saturated carbocycles. The molecule has 0 aliphatic carbocycles. The second-order valence-corrected chi connectivity index (χ2v) is 7.38. The Bertz CT molecular complexity index is 1090. The van der Waals surface area contributed by atoms with Crippen LogP contribution >= 0.6 is 12.2 Å². The van der Waals surface area contributed by atoms with E-state index < -0.39 is 0 Å². The molecule has 0 bridgehead atoms. The van der Waals surface area contributed by atoms with E-state index in [-0.39, 0.29) is 12.3 Å². The van der Waals surface area contributed by atoms with Crippen LogP contribution in [0.3, 0.4) is 0 Å². The molecule has 0 radical (unpaired) electrons. The molecule has 9 heteroatoms. The summed E-state index contributed by atoms with van der Waals surface area (Å²) < 4.78 is 18.4. The van der Waals surface area contributed by atoms with Crippen molar-refractivity contribution in [2.75, 3.05) is 27.4 Å². The zero-order valence-electron chi connectivity index (χ0n) is 18.5. The van der Waals surface area contributed by atoms with Gasteiger partial charge in [-0.3, -0.25) is 14.5 Å². The molecule has 3 aromatic rings. The number of amides is 1. The third kappa shape index (κ3) is 5.88. The number of methoxy groups -OCH3 is 2. The second-order valence-electron chi connectivity index (χ2n) is 6.99. The van der Waals surface area contributed by atoms with Gasteiger partial charge in [-0.05, 0) is 61.5 Å². The summed E-state index contributed by atoms with van der Waals surface area (Å²) in [5.74, 6) is 2.90. The van der Waals surface area contributed by atoms with Gasteiger partial charge in [0.15, 0.2) is 10.6 Å². The first-order chi connectivity index (χ1) is 15.5. The number of benzene rings is 2. The summed E-state index contributed by atoms with van der Waals surface area (Å²) >= 11 is 5.36. The van der Waals surface area contributed by atoms with Crippen molar-refractivity contribution in [3.63, 3.8) is 0 Å². The number of carbonyl (C=O) groups excluding carboxylic acids is 1. The Balaban J connectivity index is 1.55. The van der Waals surface area contributed by atoms with Crippen LogP contribution in [0, 0.1) is 4.77 Å². The highest BCUT2D eigenvalue weighted by Crippen LogP contribution is 2.25. The minimum absolute atomic E-state index is 0.0572. The van der Waals surface area contributed by atoms with Gasteiger partial charge in [-0.15, -0.1) is 0 Å². The third-order valence-corrected chi connectivity index (χ3v) is 5.27. The van der Waals surface area contributed by atoms with Crippen molar-refractivity contribution >= 4 is 18.1 Å². The van der Waals surface area contributed by atoms with Crippen LogP contribution < -0.4 is 19.5 Å². The van der Waals surface area contributed by atoms with Crippen molar-refractivity contribution < 1.29 is 19.0 Å². The maximum absolute atomic E-state index is 12.4. The standard InChI is InChI=1S/C23H28N4O4S/c1-4-31-18-8-6-17(7-9-18)22-25-26-23(32)27(22)14-12-21(28)24-13-11-16-5-10-19(29-2)15-20(16)30-3/h5-10,15H,4,11-14H2,1-3H3,(H,24,28)(H,26,32). The average molecular weight is 457 g/mol. The molecule has 32 heavy (non-hydrogen) atoms. The van der Waals surface area contributed by atoms with Crippen molar-refractivity contribution in [3.8, 4) is 28.6 Å². The summed E-state index contributed by atoms with van der Waals surface area (Å²) in [6.45, 7) is 3.48. The van der Waals surface area contributed by atoms with Crippen LogP contribution in [0.5, 0.6) is 17.2 Å². The van der Waals surface area contributed by atoms with E-state index in [1.165, 1.54) is 0 Å². The smallest absolute Gasteiger partial charge is 0.221 e. The number of aromatic nitrogens is 3. The maximum atomic E-state index is 12.4. The van der Waals surface area contributed by atoms with Gasteiger partial charge in [0.1, 0.15) is 17.2 Å². The van der Waals surface area contributed by atoms with Crippen LogP contribution in [0.1, 0.15) is 18.9 Å². The van der Waals surface area contributed by atoms with E-state index in [0.29, 0.717) is 36.7 Å². The Morgan fingerprint density at radius 1 is 1.12 bits per heavy atom. The molecule has 1 heterocycles. The molecule has 2 N–H and O–H groups in total. The maximum Gasteiger partial charge on any atom is 0.221 e. The van der Waals surface area contributed by atoms with Crippen molar-refractivity contribution in [1.29, 1.82) is 0 Å². The molecule has 0 saturated heterocycles. The van der Waals surface area contributed by atoms with Gasteiger partial charge in [0.25, 0.3) is 0 Å². The number of aromatic amines is 1. The number of carbonyl (C=O) groups is 1. The lowest BCUT2D eigenvalue weighted by molar-refractivity contribution is -0.121. The molecule has 3 rings (SSSR count). The van der Waals surface area contributed by atoms with Gasteiger partial charge in [0.05, 0.1) is 20.8 Å². The first-order valence-electron chi connectivity index (χ1n) is 10.4. The summed E-state index contributed by atoms with van der Waals surface area (Å²) in [6, 6.07) is 13.3. The van der Waals surface area contributed by atoms with E-state index in [1.807, 2.05) is 54.0 Å². The SMILES string of the molecule is CCOc1ccc(-c2n[nH]c(=S)n2CCC(=O)NCCc2ccc(OC)cc2OC)cc1. The molecule has 8 nitrogen and oxygen atoms in total. The third-order valence-electron chi connectivity index (χ3n) is 4.96. The Morgan fingerprint density at radius 2 is 1.88 bits per heavy atom. The molecule has 170 valence electrons. The van der Waals surface area contributed by atoms with E-state index in [0.717, 1.165) is 28.4 Å². The van der Waals surface area contributed by atoms with E-state index >= 15 is 0 Å². The Morgan fingerprint density at radius 3 is 2.56 bits per heavy atom. The van der Waals surface area contributed by atoms with Gasteiger partial charge < -0.3 is 19.5 Å². The quantitative estimate of drug-likeness (QED) is 0.427. The number of hydrogen-bond acceptors (Lipinski definition) is 6. The normalized spacial score (nSPS) is 10.6. The first kappa shape index (κ1) is 23.3. The first-order valence-corrected chi connectivity index (χ1v) is 10.8. The summed E-state index contributed by atoms with van der Waals surface area (Å²) in [5, 5.41) is 10.1. The van der Waals surface area contributed by atoms with Gasteiger partial charge in [-0.1, -0.05) is 6.07 Å². The largest absolute Gasteiger partial charge is 0.497 e. The molecular weight excluding hydrogens is 428 g/mol. The molecule has 0 spiro atoms. The van der Waals surface area contributed by atoms with E-state index in [1.54, 1.807) is 14.2 Å². The summed E-state index contributed by atoms with van der Waals surface area (Å²) in [4.78, 5) is 12.4. The fraction of sp³-hybridized carbons (Fsp3) is 0.348. The fourth-order valence-electron chi connectivity index (χ4n) is 3.31. The molecular formula is C23H28N4O4S. The number of nitrogens with zero attached hydrogens (tertiary/aromatic N) is 2. The summed E-state index contributed by atoms with van der Waals surface area (Å²) in [5.41, 5.74) is 1.90. The highest BCUT2D eigenvalue weighted by molar-refractivity contribution is 7.71. The average Bonchev–Trinajstić information content (AvgIpc) is 3.18. The summed E-state index contributed by atoms with van der Waals surface area (Å²) in [6.07, 6.45) is 0.944. The van der Waals surface area contributed by atoms with Crippen LogP contribution in [0.4, 0.5) is 0 Å². The number of rotatable bonds is 11. The molecule has 0 unspecified atom stereocenters. The number of ether oxygens (including phenoxy) is 3. The van der Waals surface area contributed by atoms with Crippen LogP contribution in [0.25, 0.3) is 11.4 Å². The molecule has 0 aliphatic rings. The monoisotopic (exact) mass is 456 g/mol. The van der Waals surface area contributed by atoms with Gasteiger partial charge in [0, 0.05) is 31.1 Å². The van der Waals surface area contributed by atoms with Crippen LogP contribution in [-0.2, 0) is 17.8 Å². The Labute approximate surface area is 192 Å². The van der Waals surface area contributed by atoms with Crippen LogP contribution in [-0.4, -0.2) is 48.0 Å². The lowest BCUT2D eigenvalue weighted by atomic mass is 10.1. The van der Waals surface area contributed by atoms with E-state index in [9.17, 15) is 4.79 Å². The molecule has 1 amide bonds. The van der Waals surface area contributed by atoms with E-state index in [2.05, 4.69) is 15.5 Å². The Kier molecular flexibility index (Phi) is 8.27. The molecule has 0 aliphatic heterocycles. The van der Waals surface area contributed by atoms with Gasteiger partial charge in [-0.25, -0.2) is 0 Å². The predicted octanol–water partition coefficient (Wildman–Crippen LogP) is 3.77. The molecule has 0 fully saturated rings. The van der Waals surface area contributed by atoms with Gasteiger partial charge in [-0.2, -0.15) is 5.10 Å².